The zero-order chi connectivity index (χ0) is 59.7. The zero-order valence-electron chi connectivity index (χ0n) is 49.8. The van der Waals surface area contributed by atoms with E-state index in [0.717, 1.165) is 5.57 Å². The summed E-state index contributed by atoms with van der Waals surface area (Å²) in [6.45, 7) is 20.2. The fraction of sp³-hybridized carbons (Fsp3) is 0.787. The van der Waals surface area contributed by atoms with E-state index in [1.807, 2.05) is 45.9 Å². The van der Waals surface area contributed by atoms with Gasteiger partial charge in [0.15, 0.2) is 30.8 Å². The van der Waals surface area contributed by atoms with Crippen LogP contribution in [0.2, 0.25) is 0 Å². The number of carbonyl (C=O) groups is 3. The molecule has 9 aliphatic rings. The lowest BCUT2D eigenvalue weighted by Gasteiger charge is -2.56. The summed E-state index contributed by atoms with van der Waals surface area (Å²) in [5.74, 6) is -4.69. The third-order valence-electron chi connectivity index (χ3n) is 19.9. The minimum absolute atomic E-state index is 0.0183. The van der Waals surface area contributed by atoms with Crippen LogP contribution in [-0.4, -0.2) is 185 Å². The van der Waals surface area contributed by atoms with Crippen molar-refractivity contribution in [3.05, 3.63) is 58.4 Å². The molecule has 21 heteroatoms. The molecule has 5 saturated heterocycles. The Bertz CT molecular complexity index is 2490. The topological polar surface area (TPSA) is 286 Å². The Morgan fingerprint density at radius 1 is 0.732 bits per heavy atom. The third-order valence-corrected chi connectivity index (χ3v) is 19.9. The molecule has 1 saturated carbocycles. The normalized spacial score (nSPS) is 50.3. The number of ether oxygens (including phenoxy) is 11. The molecular weight excluding hydrogens is 1070 g/mol. The first-order valence-corrected chi connectivity index (χ1v) is 29.6. The van der Waals surface area contributed by atoms with E-state index in [9.17, 15) is 40.2 Å². The van der Waals surface area contributed by atoms with E-state index in [1.54, 1.807) is 40.7 Å². The highest BCUT2D eigenvalue weighted by atomic mass is 16.7. The second-order valence-corrected chi connectivity index (χ2v) is 25.7. The van der Waals surface area contributed by atoms with Crippen LogP contribution in [0.15, 0.2) is 58.4 Å². The summed E-state index contributed by atoms with van der Waals surface area (Å²) in [4.78, 5) is 42.5. The monoisotopic (exact) mass is 1160 g/mol. The van der Waals surface area contributed by atoms with Crippen molar-refractivity contribution in [2.75, 3.05) is 20.8 Å². The van der Waals surface area contributed by atoms with Gasteiger partial charge in [0.2, 0.25) is 5.78 Å². The van der Waals surface area contributed by atoms with Gasteiger partial charge in [0, 0.05) is 62.4 Å². The first-order chi connectivity index (χ1) is 38.6. The number of Topliss-reactive ketones (excluding diaryl/α,β-unsaturated/α-hetero) is 1. The average molecular weight is 1160 g/mol. The number of hydrogen-bond donors (Lipinski definition) is 7. The van der Waals surface area contributed by atoms with Crippen molar-refractivity contribution in [3.8, 4) is 0 Å². The molecule has 460 valence electrons. The molecule has 0 aromatic heterocycles. The maximum absolute atomic E-state index is 15.5. The van der Waals surface area contributed by atoms with Crippen molar-refractivity contribution in [2.45, 2.75) is 237 Å². The summed E-state index contributed by atoms with van der Waals surface area (Å²) in [5.41, 5.74) is -2.78. The van der Waals surface area contributed by atoms with Gasteiger partial charge < -0.3 is 88.1 Å². The molecule has 21 nitrogen and oxygen atoms in total. The van der Waals surface area contributed by atoms with Gasteiger partial charge in [-0.05, 0) is 96.1 Å². The molecule has 0 radical (unpaired) electrons. The minimum Gasteiger partial charge on any atom is -0.511 e. The van der Waals surface area contributed by atoms with E-state index in [0.29, 0.717) is 24.0 Å². The third kappa shape index (κ3) is 11.8. The van der Waals surface area contributed by atoms with Crippen LogP contribution in [0.25, 0.3) is 0 Å². The Balaban J connectivity index is 1.00. The Labute approximate surface area is 481 Å². The molecule has 6 fully saturated rings. The van der Waals surface area contributed by atoms with Gasteiger partial charge in [-0.2, -0.15) is 0 Å². The fourth-order valence-corrected chi connectivity index (χ4v) is 15.6. The van der Waals surface area contributed by atoms with Gasteiger partial charge in [0.1, 0.15) is 29.6 Å². The predicted molar refractivity (Wildman–Crippen MR) is 293 cm³/mol. The first-order valence-electron chi connectivity index (χ1n) is 29.6. The van der Waals surface area contributed by atoms with Crippen molar-refractivity contribution < 1.29 is 97.1 Å². The van der Waals surface area contributed by atoms with Gasteiger partial charge >= 0.3 is 12.1 Å². The van der Waals surface area contributed by atoms with Crippen LogP contribution in [0.5, 0.6) is 0 Å². The van der Waals surface area contributed by atoms with E-state index in [4.69, 9.17) is 52.1 Å². The lowest BCUT2D eigenvalue weighted by Crippen LogP contribution is -2.62. The molecule has 0 aromatic rings. The minimum atomic E-state index is -1.77. The molecule has 0 aromatic carbocycles. The van der Waals surface area contributed by atoms with Crippen LogP contribution >= 0.6 is 0 Å². The smallest absolute Gasteiger partial charge is 0.407 e. The van der Waals surface area contributed by atoms with Crippen LogP contribution in [-0.2, 0) is 61.7 Å². The summed E-state index contributed by atoms with van der Waals surface area (Å²) >= 11 is 0. The number of rotatable bonds is 11. The molecule has 9 rings (SSSR count). The van der Waals surface area contributed by atoms with E-state index in [1.165, 1.54) is 14.2 Å². The standard InChI is InChI=1S/C61H91NO20/c1-27-14-17-42(78-47-25-59(10,71)54(35(9)77-47)62-58(70)73-13)28(2)19-37-20-36(26-63)31(5)24-61(37)56(68)48(57(69)82-61)55(67)60(11)39(27)16-15-38-49(60)29(3)18-30(4)51(38)80-46-23-43(50(66)32(6)74-46)79-44-22-41(65)53(34(8)76-44)81-45-21-40(64)52(72-12)33(7)75-45/h14-16,19-20,29-35,37-47,49-54,63-67,71H,17-18,21-26H2,1-13H3,(H,62,70)/b27-14+,28-19+,55-48+/t29-,30-,31+,32-,33-,34-,35+,37+,38-,39-,40+,41+,42-,43+,44-,45+,46-,47-,49+,50-,51-,52-,53-,54-,59-,60+,61-/m0/s1. The number of esters is 1. The maximum Gasteiger partial charge on any atom is 0.407 e. The van der Waals surface area contributed by atoms with E-state index in [-0.39, 0.29) is 62.2 Å². The van der Waals surface area contributed by atoms with Crippen LogP contribution in [0.4, 0.5) is 4.79 Å². The Kier molecular flexibility index (Phi) is 18.9. The van der Waals surface area contributed by atoms with Crippen LogP contribution in [0.1, 0.15) is 121 Å². The van der Waals surface area contributed by atoms with Crippen LogP contribution in [0.3, 0.4) is 0 Å². The van der Waals surface area contributed by atoms with Crippen LogP contribution in [0, 0.1) is 46.8 Å². The highest BCUT2D eigenvalue weighted by molar-refractivity contribution is 6.26. The largest absolute Gasteiger partial charge is 0.511 e. The molecule has 27 atom stereocenters. The number of ketones is 1. The van der Waals surface area contributed by atoms with Crippen molar-refractivity contribution in [2.24, 2.45) is 46.8 Å². The maximum atomic E-state index is 15.5. The second kappa shape index (κ2) is 24.6. The van der Waals surface area contributed by atoms with E-state index < -0.39 is 168 Å². The number of aliphatic hydroxyl groups is 6. The van der Waals surface area contributed by atoms with Gasteiger partial charge in [-0.1, -0.05) is 63.6 Å². The molecule has 82 heavy (non-hydrogen) atoms. The predicted octanol–water partition coefficient (Wildman–Crippen LogP) is 5.29. The first kappa shape index (κ1) is 62.9. The molecule has 1 amide bonds. The highest BCUT2D eigenvalue weighted by Crippen LogP contribution is 2.61. The zero-order valence-corrected chi connectivity index (χ0v) is 49.8. The number of nitrogens with one attached hydrogen (secondary N) is 1. The number of aliphatic hydroxyl groups excluding tert-OH is 5. The average Bonchev–Trinajstić information content (AvgIpc) is 3.56. The van der Waals surface area contributed by atoms with E-state index in [2.05, 4.69) is 25.2 Å². The molecular formula is C61H91NO20. The molecule has 2 bridgehead atoms. The number of amides is 1. The molecule has 0 unspecified atom stereocenters. The number of alkyl carbamates (subject to hydrolysis) is 1. The molecule has 5 heterocycles. The number of carbonyl (C=O) groups excluding carboxylic acids is 3. The van der Waals surface area contributed by atoms with Gasteiger partial charge in [-0.25, -0.2) is 9.59 Å². The lowest BCUT2D eigenvalue weighted by molar-refractivity contribution is -0.335. The summed E-state index contributed by atoms with van der Waals surface area (Å²) in [5, 5.41) is 71.8. The quantitative estimate of drug-likeness (QED) is 0.0786. The highest BCUT2D eigenvalue weighted by Gasteiger charge is 2.64. The molecule has 7 N–H and O–H groups in total. The summed E-state index contributed by atoms with van der Waals surface area (Å²) in [7, 11) is 2.75. The van der Waals surface area contributed by atoms with Crippen molar-refractivity contribution in [1.82, 2.24) is 5.32 Å². The van der Waals surface area contributed by atoms with Gasteiger partial charge in [0.25, 0.3) is 0 Å². The van der Waals surface area contributed by atoms with E-state index >= 15 is 4.79 Å². The number of hydrogen-bond acceptors (Lipinski definition) is 20. The van der Waals surface area contributed by atoms with Crippen LogP contribution < -0.4 is 5.32 Å². The lowest BCUT2D eigenvalue weighted by atomic mass is 9.49. The molecule has 1 spiro atoms. The summed E-state index contributed by atoms with van der Waals surface area (Å²) in [6, 6.07) is -0.817. The summed E-state index contributed by atoms with van der Waals surface area (Å²) < 4.78 is 68.1. The number of allylic oxidation sites excluding steroid dienone is 3. The molecule has 4 aliphatic carbocycles. The van der Waals surface area contributed by atoms with Gasteiger partial charge in [-0.3, -0.25) is 4.79 Å². The van der Waals surface area contributed by atoms with Gasteiger partial charge in [-0.15, -0.1) is 0 Å². The van der Waals surface area contributed by atoms with Crippen molar-refractivity contribution in [3.63, 3.8) is 0 Å². The Hall–Kier alpha value is -3.65. The summed E-state index contributed by atoms with van der Waals surface area (Å²) in [6.07, 6.45) is -2.03. The molecule has 5 aliphatic heterocycles. The van der Waals surface area contributed by atoms with Crippen molar-refractivity contribution >= 4 is 17.8 Å². The number of methoxy groups -OCH3 is 2. The SMILES string of the molecule is COC(=O)N[C@H]1[C@@H](C)O[C@@H](O[C@H]2C/C=C(\C)[C@@H]3C=C[C@@H]4[C@@H](O[C@H]5C[C@@H](O[C@H]6C[C@@H](O)[C@@H](O[C@@H]7C[C@@H](O)[C@@H](OC)[C@H](C)O7)[C@H](C)O6)[C@@H](O)[C@H](C)O5)[C@@H](C)C[C@H](C)[C@H]4[C@]3(C)/C(O)=C3\C(=O)O[C@]4(C[C@@H](C)C(CO)=C[C@H]4/C=C/2C)C3=O)C[C@]1(C)O. The Morgan fingerprint density at radius 3 is 1.99 bits per heavy atom. The fourth-order valence-electron chi connectivity index (χ4n) is 15.6. The van der Waals surface area contributed by atoms with Crippen molar-refractivity contribution in [1.29, 1.82) is 0 Å². The second-order valence-electron chi connectivity index (χ2n) is 25.7. The van der Waals surface area contributed by atoms with Gasteiger partial charge in [0.05, 0.1) is 80.3 Å². The number of fused-ring (bicyclic) bond motifs is 4. The Morgan fingerprint density at radius 2 is 1.35 bits per heavy atom.